The lowest BCUT2D eigenvalue weighted by Crippen LogP contribution is -2.57. The Morgan fingerprint density at radius 3 is 2.55 bits per heavy atom. The summed E-state index contributed by atoms with van der Waals surface area (Å²) in [4.78, 5) is 51.0. The van der Waals surface area contributed by atoms with E-state index >= 15 is 0 Å². The van der Waals surface area contributed by atoms with Gasteiger partial charge in [0.05, 0.1) is 17.6 Å². The minimum absolute atomic E-state index is 0.0308. The fraction of sp³-hybridized carbons (Fsp3) is 0.667. The summed E-state index contributed by atoms with van der Waals surface area (Å²) in [7, 11) is 0. The van der Waals surface area contributed by atoms with Gasteiger partial charge in [-0.2, -0.15) is 0 Å². The maximum atomic E-state index is 14.1. The molecule has 1 aromatic heterocycles. The molecule has 44 heavy (non-hydrogen) atoms. The number of carbonyl (C=O) groups is 3. The highest BCUT2D eigenvalue weighted by Crippen LogP contribution is 2.57. The zero-order valence-corrected chi connectivity index (χ0v) is 26.7. The van der Waals surface area contributed by atoms with Crippen molar-refractivity contribution in [1.29, 1.82) is 0 Å². The first-order chi connectivity index (χ1) is 20.9. The number of aliphatic carboxylic acids is 1. The van der Waals surface area contributed by atoms with Crippen molar-refractivity contribution in [3.8, 4) is 5.88 Å². The van der Waals surface area contributed by atoms with Gasteiger partial charge in [0.15, 0.2) is 0 Å². The Balaban J connectivity index is 1.34. The highest BCUT2D eigenvalue weighted by Gasteiger charge is 2.55. The number of ether oxygens (including phenoxy) is 2. The second-order valence-corrected chi connectivity index (χ2v) is 14.7. The van der Waals surface area contributed by atoms with Gasteiger partial charge in [0.25, 0.3) is 0 Å². The monoisotopic (exact) mass is 626 g/mol. The first-order valence-corrected chi connectivity index (χ1v) is 16.4. The predicted octanol–water partition coefficient (Wildman–Crippen LogP) is 5.63. The number of fused-ring (bicyclic) bond motifs is 7. The summed E-state index contributed by atoms with van der Waals surface area (Å²) in [5.41, 5.74) is 1.31. The molecule has 2 bridgehead atoms. The number of carboxylic acids is 1. The molecule has 238 valence electrons. The highest BCUT2D eigenvalue weighted by atomic mass is 35.5. The summed E-state index contributed by atoms with van der Waals surface area (Å²) < 4.78 is 12.5. The molecule has 2 aliphatic heterocycles. The smallest absolute Gasteiger partial charge is 0.408 e. The van der Waals surface area contributed by atoms with Crippen molar-refractivity contribution >= 4 is 40.6 Å². The number of hydrogen-bond acceptors (Lipinski definition) is 7. The molecule has 10 nitrogen and oxygen atoms in total. The quantitative estimate of drug-likeness (QED) is 0.416. The fourth-order valence-electron chi connectivity index (χ4n) is 7.62. The van der Waals surface area contributed by atoms with E-state index in [2.05, 4.69) is 5.32 Å². The van der Waals surface area contributed by atoms with Gasteiger partial charge in [-0.05, 0) is 73.5 Å². The Bertz CT molecular complexity index is 1450. The van der Waals surface area contributed by atoms with Crippen molar-refractivity contribution in [1.82, 2.24) is 20.2 Å². The summed E-state index contributed by atoms with van der Waals surface area (Å²) in [6.45, 7) is 7.36. The van der Waals surface area contributed by atoms with Crippen molar-refractivity contribution in [2.24, 2.45) is 29.1 Å². The first kappa shape index (κ1) is 30.9. The van der Waals surface area contributed by atoms with Gasteiger partial charge in [0.2, 0.25) is 11.8 Å². The van der Waals surface area contributed by atoms with E-state index in [4.69, 9.17) is 31.0 Å². The molecule has 2 aliphatic carbocycles. The molecule has 0 spiro atoms. The largest absolute Gasteiger partial charge is 0.480 e. The Morgan fingerprint density at radius 1 is 1.02 bits per heavy atom. The van der Waals surface area contributed by atoms with Crippen LogP contribution in [0.5, 0.6) is 5.88 Å². The van der Waals surface area contributed by atoms with Crippen molar-refractivity contribution in [2.45, 2.75) is 103 Å². The van der Waals surface area contributed by atoms with Crippen LogP contribution in [0, 0.1) is 29.1 Å². The van der Waals surface area contributed by atoms with Crippen molar-refractivity contribution in [3.63, 3.8) is 0 Å². The number of carbonyl (C=O) groups excluding carboxylic acids is 2. The second-order valence-electron chi connectivity index (χ2n) is 14.3. The van der Waals surface area contributed by atoms with E-state index in [1.54, 1.807) is 19.1 Å². The van der Waals surface area contributed by atoms with E-state index in [-0.39, 0.29) is 12.6 Å². The van der Waals surface area contributed by atoms with Gasteiger partial charge >= 0.3 is 12.1 Å². The van der Waals surface area contributed by atoms with Crippen LogP contribution in [0.25, 0.3) is 11.0 Å². The predicted molar refractivity (Wildman–Crippen MR) is 164 cm³/mol. The Kier molecular flexibility index (Phi) is 8.41. The maximum absolute atomic E-state index is 14.1. The highest BCUT2D eigenvalue weighted by molar-refractivity contribution is 6.31. The number of nitrogens with zero attached hydrogens (tertiary/aromatic N) is 3. The van der Waals surface area contributed by atoms with E-state index in [0.29, 0.717) is 51.8 Å². The van der Waals surface area contributed by atoms with Crippen molar-refractivity contribution < 1.29 is 29.0 Å². The fourth-order valence-corrected chi connectivity index (χ4v) is 7.79. The summed E-state index contributed by atoms with van der Waals surface area (Å²) >= 11 is 6.25. The molecule has 3 heterocycles. The van der Waals surface area contributed by atoms with Crippen LogP contribution in [0.4, 0.5) is 4.79 Å². The molecule has 1 aromatic carbocycles. The van der Waals surface area contributed by atoms with Gasteiger partial charge in [-0.3, -0.25) is 4.79 Å². The number of carboxylic acid groups (broad SMARTS) is 1. The van der Waals surface area contributed by atoms with E-state index < -0.39 is 47.5 Å². The van der Waals surface area contributed by atoms with E-state index in [1.165, 1.54) is 11.3 Å². The molecule has 1 saturated heterocycles. The van der Waals surface area contributed by atoms with Crippen LogP contribution in [0.3, 0.4) is 0 Å². The van der Waals surface area contributed by atoms with Gasteiger partial charge < -0.3 is 24.8 Å². The normalized spacial score (nSPS) is 33.1. The number of benzene rings is 1. The van der Waals surface area contributed by atoms with Crippen molar-refractivity contribution in [2.75, 3.05) is 6.54 Å². The Morgan fingerprint density at radius 2 is 1.80 bits per heavy atom. The topological polar surface area (TPSA) is 131 Å². The van der Waals surface area contributed by atoms with Crippen LogP contribution in [0.1, 0.15) is 78.3 Å². The molecule has 6 rings (SSSR count). The average molecular weight is 627 g/mol. The molecule has 2 amide bonds. The third kappa shape index (κ3) is 6.19. The van der Waals surface area contributed by atoms with Crippen LogP contribution < -0.4 is 10.1 Å². The summed E-state index contributed by atoms with van der Waals surface area (Å²) in [6, 6.07) is 3.22. The van der Waals surface area contributed by atoms with Crippen molar-refractivity contribution in [3.05, 3.63) is 28.9 Å². The molecule has 11 heteroatoms. The molecule has 1 unspecified atom stereocenters. The lowest BCUT2D eigenvalue weighted by atomic mass is 9.85. The van der Waals surface area contributed by atoms with Crippen LogP contribution in [0.15, 0.2) is 18.2 Å². The summed E-state index contributed by atoms with van der Waals surface area (Å²) in [5.74, 6) is -0.233. The number of hydrogen-bond donors (Lipinski definition) is 2. The standard InChI is InChI=1S/C33H43ClN4O6/c1-17-26-16-38(27(17)31(40)41)30(39)28(33(2,3)4)37-32(42)44-25-14-18-13-21(18)20(25)9-7-5-6-8-10-23-29(43-26)36-24-15-19(34)11-12-22(24)35-23/h11-12,15,17-18,20-21,25-28H,5-10,13-14,16H2,1-4H3,(H,37,42)(H,40,41)/t17-,18?,20-,21+,25-,26+,27+,28-/m1/s1. The first-order valence-electron chi connectivity index (χ1n) is 16.0. The number of aryl methyl sites for hydroxylation is 1. The lowest BCUT2D eigenvalue weighted by Gasteiger charge is -2.35. The number of amides is 2. The maximum Gasteiger partial charge on any atom is 0.408 e. The van der Waals surface area contributed by atoms with Gasteiger partial charge in [-0.15, -0.1) is 0 Å². The lowest BCUT2D eigenvalue weighted by molar-refractivity contribution is -0.151. The number of rotatable bonds is 1. The Hall–Kier alpha value is -3.14. The molecule has 3 fully saturated rings. The SMILES string of the molecule is C[C@@H]1[C@@H]2CN(C(=O)[C@H](C(C)(C)C)NC(=O)O[C@@H]3CC4C[C@@H]4[C@H]3CCCCCCc3nc4ccc(Cl)cc4nc3O2)[C@@H]1C(=O)O. The van der Waals surface area contributed by atoms with E-state index in [1.807, 2.05) is 26.8 Å². The van der Waals surface area contributed by atoms with Crippen LogP contribution in [-0.4, -0.2) is 68.8 Å². The Labute approximate surface area is 263 Å². The molecule has 2 aromatic rings. The number of aromatic nitrogens is 2. The molecule has 8 atom stereocenters. The molecular weight excluding hydrogens is 584 g/mol. The van der Waals surface area contributed by atoms with Crippen LogP contribution in [0.2, 0.25) is 5.02 Å². The molecule has 4 aliphatic rings. The van der Waals surface area contributed by atoms with E-state index in [0.717, 1.165) is 38.5 Å². The third-order valence-electron chi connectivity index (χ3n) is 10.1. The molecular formula is C33H43ClN4O6. The van der Waals surface area contributed by atoms with Crippen LogP contribution >= 0.6 is 11.6 Å². The number of halogens is 1. The molecule has 2 saturated carbocycles. The average Bonchev–Trinajstić information content (AvgIpc) is 3.51. The number of nitrogens with one attached hydrogen (secondary N) is 1. The third-order valence-corrected chi connectivity index (χ3v) is 10.4. The molecule has 0 radical (unpaired) electrons. The summed E-state index contributed by atoms with van der Waals surface area (Å²) in [5, 5.41) is 13.6. The minimum atomic E-state index is -1.14. The van der Waals surface area contributed by atoms with Gasteiger partial charge in [0, 0.05) is 10.9 Å². The zero-order valence-electron chi connectivity index (χ0n) is 25.9. The van der Waals surface area contributed by atoms with Crippen LogP contribution in [-0.2, 0) is 20.7 Å². The van der Waals surface area contributed by atoms with Gasteiger partial charge in [-0.1, -0.05) is 58.6 Å². The minimum Gasteiger partial charge on any atom is -0.480 e. The van der Waals surface area contributed by atoms with E-state index in [9.17, 15) is 19.5 Å². The second kappa shape index (κ2) is 12.0. The number of alkyl carbamates (subject to hydrolysis) is 1. The van der Waals surface area contributed by atoms with Gasteiger partial charge in [0.1, 0.15) is 30.0 Å². The zero-order chi connectivity index (χ0) is 31.3. The summed E-state index contributed by atoms with van der Waals surface area (Å²) in [6.07, 6.45) is 6.38. The van der Waals surface area contributed by atoms with Gasteiger partial charge in [-0.25, -0.2) is 19.6 Å². The molecule has 2 N–H and O–H groups in total.